The first-order valence-corrected chi connectivity index (χ1v) is 9.19. The van der Waals surface area contributed by atoms with Gasteiger partial charge in [0.15, 0.2) is 0 Å². The zero-order chi connectivity index (χ0) is 19.1. The molecule has 5 heteroatoms. The molecule has 2 aromatic carbocycles. The van der Waals surface area contributed by atoms with Crippen LogP contribution in [0.15, 0.2) is 60.7 Å². The molecule has 2 saturated carbocycles. The molecular weight excluding hydrogens is 344 g/mol. The number of ether oxygens (including phenoxy) is 1. The summed E-state index contributed by atoms with van der Waals surface area (Å²) in [5, 5.41) is 19.2. The highest BCUT2D eigenvalue weighted by Gasteiger charge is 2.66. The lowest BCUT2D eigenvalue weighted by Gasteiger charge is -2.20. The van der Waals surface area contributed by atoms with Crippen molar-refractivity contribution in [3.8, 4) is 0 Å². The highest BCUT2D eigenvalue weighted by Crippen LogP contribution is 2.57. The van der Waals surface area contributed by atoms with Gasteiger partial charge in [0.25, 0.3) is 0 Å². The number of carbonyl (C=O) groups is 2. The van der Waals surface area contributed by atoms with Crippen molar-refractivity contribution in [1.82, 2.24) is 0 Å². The summed E-state index contributed by atoms with van der Waals surface area (Å²) in [7, 11) is 0. The molecule has 0 bridgehead atoms. The minimum Gasteiger partial charge on any atom is -0.396 e. The Morgan fingerprint density at radius 2 is 1.15 bits per heavy atom. The Morgan fingerprint density at radius 1 is 0.778 bits per heavy atom. The van der Waals surface area contributed by atoms with E-state index in [0.29, 0.717) is 12.8 Å². The lowest BCUT2D eigenvalue weighted by molar-refractivity contribution is -0.164. The number of hydrogen-bond acceptors (Lipinski definition) is 5. The number of hydrogen-bond donors (Lipinski definition) is 2. The normalized spacial score (nSPS) is 31.2. The summed E-state index contributed by atoms with van der Waals surface area (Å²) in [6.45, 7) is -0.275. The third-order valence-electron chi connectivity index (χ3n) is 6.14. The third-order valence-corrected chi connectivity index (χ3v) is 6.14. The van der Waals surface area contributed by atoms with E-state index in [-0.39, 0.29) is 25.0 Å². The Kier molecular flexibility index (Phi) is 4.36. The van der Waals surface area contributed by atoms with Gasteiger partial charge in [-0.05, 0) is 24.0 Å². The van der Waals surface area contributed by atoms with E-state index in [1.165, 1.54) is 0 Å². The van der Waals surface area contributed by atoms with E-state index in [1.807, 2.05) is 60.7 Å². The molecule has 4 rings (SSSR count). The maximum Gasteiger partial charge on any atom is 0.324 e. The molecule has 2 aromatic rings. The maximum atomic E-state index is 13.0. The molecule has 2 aliphatic rings. The highest BCUT2D eigenvalue weighted by molar-refractivity contribution is 6.00. The topological polar surface area (TPSA) is 83.8 Å². The second-order valence-corrected chi connectivity index (χ2v) is 7.52. The van der Waals surface area contributed by atoms with Crippen LogP contribution in [0.1, 0.15) is 24.0 Å². The van der Waals surface area contributed by atoms with Crippen LogP contribution in [0.3, 0.4) is 0 Å². The molecule has 27 heavy (non-hydrogen) atoms. The summed E-state index contributed by atoms with van der Waals surface area (Å²) in [5.41, 5.74) is -0.421. The second kappa shape index (κ2) is 6.59. The molecule has 0 unspecified atom stereocenters. The van der Waals surface area contributed by atoms with Crippen molar-refractivity contribution >= 4 is 11.9 Å². The summed E-state index contributed by atoms with van der Waals surface area (Å²) >= 11 is 0. The molecule has 0 aromatic heterocycles. The average Bonchev–Trinajstić information content (AvgIpc) is 3.62. The first-order chi connectivity index (χ1) is 13.1. The van der Waals surface area contributed by atoms with E-state index in [1.54, 1.807) is 0 Å². The van der Waals surface area contributed by atoms with Gasteiger partial charge in [0.05, 0.1) is 10.8 Å². The van der Waals surface area contributed by atoms with Gasteiger partial charge in [0, 0.05) is 25.0 Å². The molecule has 4 atom stereocenters. The van der Waals surface area contributed by atoms with Gasteiger partial charge >= 0.3 is 11.9 Å². The average molecular weight is 366 g/mol. The molecule has 0 heterocycles. The summed E-state index contributed by atoms with van der Waals surface area (Å²) in [4.78, 5) is 26.0. The minimum absolute atomic E-state index is 0.138. The largest absolute Gasteiger partial charge is 0.396 e. The minimum atomic E-state index is -0.965. The van der Waals surface area contributed by atoms with Crippen molar-refractivity contribution in [1.29, 1.82) is 0 Å². The van der Waals surface area contributed by atoms with E-state index in [9.17, 15) is 19.8 Å². The number of rotatable bonds is 6. The summed E-state index contributed by atoms with van der Waals surface area (Å²) in [6, 6.07) is 18.3. The van der Waals surface area contributed by atoms with Crippen LogP contribution < -0.4 is 0 Å². The zero-order valence-electron chi connectivity index (χ0n) is 14.9. The molecule has 0 radical (unpaired) electrons. The molecule has 2 N–H and O–H groups in total. The molecule has 0 spiro atoms. The Balaban J connectivity index is 1.60. The van der Waals surface area contributed by atoms with Crippen molar-refractivity contribution in [3.63, 3.8) is 0 Å². The summed E-state index contributed by atoms with van der Waals surface area (Å²) < 4.78 is 5.38. The van der Waals surface area contributed by atoms with Gasteiger partial charge in [-0.1, -0.05) is 60.7 Å². The van der Waals surface area contributed by atoms with Crippen LogP contribution >= 0.6 is 0 Å². The third kappa shape index (κ3) is 2.69. The standard InChI is InChI=1S/C22H22O5/c23-13-17-11-21(17,15-7-3-1-4-8-15)19(25)27-20(26)22(12-18(22)14-24)16-9-5-2-6-10-16/h1-10,17-18,23-24H,11-14H2/t17-,18-,21-,22-/m0/s1. The number of carbonyl (C=O) groups excluding carboxylic acids is 2. The first-order valence-electron chi connectivity index (χ1n) is 9.19. The van der Waals surface area contributed by atoms with Crippen molar-refractivity contribution in [2.24, 2.45) is 11.8 Å². The predicted molar refractivity (Wildman–Crippen MR) is 97.7 cm³/mol. The van der Waals surface area contributed by atoms with Gasteiger partial charge in [-0.15, -0.1) is 0 Å². The summed E-state index contributed by atoms with van der Waals surface area (Å²) in [5.74, 6) is -1.73. The van der Waals surface area contributed by atoms with Gasteiger partial charge in [-0.25, -0.2) is 0 Å². The van der Waals surface area contributed by atoms with E-state index >= 15 is 0 Å². The Labute approximate surface area is 157 Å². The molecule has 5 nitrogen and oxygen atoms in total. The van der Waals surface area contributed by atoms with Crippen LogP contribution in [-0.2, 0) is 25.2 Å². The Hall–Kier alpha value is -2.50. The molecule has 0 amide bonds. The van der Waals surface area contributed by atoms with Gasteiger partial charge in [-0.2, -0.15) is 0 Å². The van der Waals surface area contributed by atoms with E-state index in [2.05, 4.69) is 0 Å². The molecule has 140 valence electrons. The van der Waals surface area contributed by atoms with Crippen molar-refractivity contribution in [2.45, 2.75) is 23.7 Å². The lowest BCUT2D eigenvalue weighted by atomic mass is 9.92. The number of aliphatic hydroxyl groups is 2. The second-order valence-electron chi connectivity index (χ2n) is 7.52. The maximum absolute atomic E-state index is 13.0. The Morgan fingerprint density at radius 3 is 1.44 bits per heavy atom. The lowest BCUT2D eigenvalue weighted by Crippen LogP contribution is -2.34. The fourth-order valence-electron chi connectivity index (χ4n) is 4.28. The van der Waals surface area contributed by atoms with Crippen molar-refractivity contribution in [2.75, 3.05) is 13.2 Å². The van der Waals surface area contributed by atoms with E-state index in [0.717, 1.165) is 11.1 Å². The molecule has 0 aliphatic heterocycles. The molecule has 2 aliphatic carbocycles. The van der Waals surface area contributed by atoms with Crippen LogP contribution in [0.4, 0.5) is 0 Å². The van der Waals surface area contributed by atoms with Crippen molar-refractivity contribution in [3.05, 3.63) is 71.8 Å². The fraction of sp³-hybridized carbons (Fsp3) is 0.364. The SMILES string of the molecule is O=C(OC(=O)[C@]1(c2ccccc2)C[C@H]1CO)[C@]1(c2ccccc2)C[C@H]1CO. The van der Waals surface area contributed by atoms with Gasteiger partial charge in [0.2, 0.25) is 0 Å². The highest BCUT2D eigenvalue weighted by atomic mass is 16.6. The quantitative estimate of drug-likeness (QED) is 0.603. The smallest absolute Gasteiger partial charge is 0.324 e. The fourth-order valence-corrected chi connectivity index (χ4v) is 4.28. The van der Waals surface area contributed by atoms with Gasteiger partial charge < -0.3 is 14.9 Å². The predicted octanol–water partition coefficient (Wildman–Crippen LogP) is 1.96. The molecule has 0 saturated heterocycles. The number of esters is 2. The molecular formula is C22H22O5. The van der Waals surface area contributed by atoms with Crippen LogP contribution in [0.5, 0.6) is 0 Å². The molecule has 2 fully saturated rings. The zero-order valence-corrected chi connectivity index (χ0v) is 14.9. The number of benzene rings is 2. The first kappa shape index (κ1) is 17.9. The van der Waals surface area contributed by atoms with Crippen LogP contribution in [0, 0.1) is 11.8 Å². The number of aliphatic hydroxyl groups excluding tert-OH is 2. The van der Waals surface area contributed by atoms with E-state index in [4.69, 9.17) is 4.74 Å². The van der Waals surface area contributed by atoms with Gasteiger partial charge in [-0.3, -0.25) is 9.59 Å². The van der Waals surface area contributed by atoms with E-state index < -0.39 is 22.8 Å². The monoisotopic (exact) mass is 366 g/mol. The summed E-state index contributed by atoms with van der Waals surface area (Å²) in [6.07, 6.45) is 0.919. The van der Waals surface area contributed by atoms with Crippen LogP contribution in [-0.4, -0.2) is 35.4 Å². The Bertz CT molecular complexity index is 778. The van der Waals surface area contributed by atoms with Crippen LogP contribution in [0.2, 0.25) is 0 Å². The van der Waals surface area contributed by atoms with Crippen molar-refractivity contribution < 1.29 is 24.5 Å². The van der Waals surface area contributed by atoms with Gasteiger partial charge in [0.1, 0.15) is 0 Å². The van der Waals surface area contributed by atoms with Crippen LogP contribution in [0.25, 0.3) is 0 Å².